The third-order valence-corrected chi connectivity index (χ3v) is 11.5. The highest BCUT2D eigenvalue weighted by molar-refractivity contribution is 14.1. The Kier molecular flexibility index (Phi) is 14.9. The zero-order chi connectivity index (χ0) is 40.1. The molecule has 1 amide bonds. The summed E-state index contributed by atoms with van der Waals surface area (Å²) >= 11 is 9.63. The summed E-state index contributed by atoms with van der Waals surface area (Å²) in [7, 11) is 0. The van der Waals surface area contributed by atoms with Crippen molar-refractivity contribution in [3.8, 4) is 11.5 Å². The summed E-state index contributed by atoms with van der Waals surface area (Å²) in [6.07, 6.45) is 10.9. The maximum absolute atomic E-state index is 12.7. The largest absolute Gasteiger partial charge is 0.491 e. The van der Waals surface area contributed by atoms with Crippen molar-refractivity contribution < 1.29 is 14.3 Å². The second kappa shape index (κ2) is 20.8. The number of amides is 1. The number of carbonyl (C=O) groups is 1. The van der Waals surface area contributed by atoms with E-state index in [-0.39, 0.29) is 5.91 Å². The lowest BCUT2D eigenvalue weighted by molar-refractivity contribution is -0.110. The smallest absolute Gasteiger partial charge is 0.256 e. The van der Waals surface area contributed by atoms with Crippen LogP contribution in [0, 0.1) is 3.57 Å². The van der Waals surface area contributed by atoms with Gasteiger partial charge in [-0.25, -0.2) is 0 Å². The molecule has 11 heteroatoms. The summed E-state index contributed by atoms with van der Waals surface area (Å²) in [6, 6.07) is 39.4. The summed E-state index contributed by atoms with van der Waals surface area (Å²) in [5, 5.41) is 22.9. The van der Waals surface area contributed by atoms with Crippen LogP contribution < -0.4 is 14.8 Å². The minimum absolute atomic E-state index is 0.0897. The van der Waals surface area contributed by atoms with Crippen LogP contribution in [0.5, 0.6) is 11.5 Å². The Morgan fingerprint density at radius 1 is 0.603 bits per heavy atom. The van der Waals surface area contributed by atoms with Crippen molar-refractivity contribution in [3.05, 3.63) is 145 Å². The van der Waals surface area contributed by atoms with Crippen molar-refractivity contribution in [2.45, 2.75) is 51.4 Å². The molecule has 0 spiro atoms. The van der Waals surface area contributed by atoms with Crippen LogP contribution in [0.3, 0.4) is 0 Å². The van der Waals surface area contributed by atoms with Gasteiger partial charge in [-0.3, -0.25) is 4.79 Å². The first-order chi connectivity index (χ1) is 28.4. The van der Waals surface area contributed by atoms with Crippen molar-refractivity contribution in [1.82, 2.24) is 0 Å². The van der Waals surface area contributed by atoms with E-state index in [1.807, 2.05) is 109 Å². The molecule has 0 radical (unpaired) electrons. The predicted octanol–water partition coefficient (Wildman–Crippen LogP) is 15.9. The van der Waals surface area contributed by atoms with Gasteiger partial charge in [-0.1, -0.05) is 87.1 Å². The van der Waals surface area contributed by atoms with Gasteiger partial charge in [0.15, 0.2) is 0 Å². The van der Waals surface area contributed by atoms with E-state index in [9.17, 15) is 4.79 Å². The third-order valence-electron chi connectivity index (χ3n) is 9.65. The van der Waals surface area contributed by atoms with Crippen molar-refractivity contribution in [2.75, 3.05) is 18.5 Å². The number of azo groups is 2. The molecule has 0 saturated carbocycles. The van der Waals surface area contributed by atoms with E-state index in [1.54, 1.807) is 0 Å². The summed E-state index contributed by atoms with van der Waals surface area (Å²) < 4.78 is 15.2. The maximum atomic E-state index is 12.7. The van der Waals surface area contributed by atoms with Gasteiger partial charge in [0.2, 0.25) is 0 Å². The Hall–Kier alpha value is -4.72. The second-order valence-electron chi connectivity index (χ2n) is 13.9. The summed E-state index contributed by atoms with van der Waals surface area (Å²) in [5.74, 6) is 1.43. The quantitative estimate of drug-likeness (QED) is 0.0402. The molecule has 1 N–H and O–H groups in total. The number of hydrogen-bond acceptors (Lipinski definition) is 7. The van der Waals surface area contributed by atoms with E-state index >= 15 is 0 Å². The van der Waals surface area contributed by atoms with Gasteiger partial charge in [-0.05, 0) is 157 Å². The van der Waals surface area contributed by atoms with Gasteiger partial charge in [0.1, 0.15) is 17.2 Å². The van der Waals surface area contributed by atoms with Crippen LogP contribution in [0.4, 0.5) is 28.4 Å². The number of nitrogens with zero attached hydrogens (tertiary/aromatic N) is 4. The second-order valence-corrected chi connectivity index (χ2v) is 16.9. The molecule has 0 unspecified atom stereocenters. The number of rotatable bonds is 18. The number of nitrogens with one attached hydrogen (secondary N) is 1. The van der Waals surface area contributed by atoms with Crippen molar-refractivity contribution in [3.63, 3.8) is 0 Å². The molecule has 0 aliphatic carbocycles. The lowest BCUT2D eigenvalue weighted by atomic mass is 10.0. The summed E-state index contributed by atoms with van der Waals surface area (Å²) in [6.45, 7) is 1.28. The average Bonchev–Trinajstić information content (AvgIpc) is 3.54. The molecule has 0 saturated heterocycles. The molecule has 6 aromatic rings. The van der Waals surface area contributed by atoms with Crippen molar-refractivity contribution in [1.29, 1.82) is 0 Å². The van der Waals surface area contributed by atoms with Gasteiger partial charge in [0.25, 0.3) is 5.91 Å². The highest BCUT2D eigenvalue weighted by Crippen LogP contribution is 2.40. The Morgan fingerprint density at radius 3 is 1.88 bits per heavy atom. The molecule has 1 heterocycles. The van der Waals surface area contributed by atoms with E-state index in [1.165, 1.54) is 25.7 Å². The summed E-state index contributed by atoms with van der Waals surface area (Å²) in [5.41, 5.74) is 6.36. The normalized spacial score (nSPS) is 13.2. The maximum Gasteiger partial charge on any atom is 0.256 e. The molecule has 0 bridgehead atoms. The fourth-order valence-electron chi connectivity index (χ4n) is 6.65. The minimum atomic E-state index is -0.0897. The first-order valence-corrected chi connectivity index (χ1v) is 22.2. The number of fused-ring (bicyclic) bond motifs is 2. The van der Waals surface area contributed by atoms with Crippen LogP contribution in [-0.2, 0) is 4.79 Å². The molecule has 1 aliphatic rings. The highest BCUT2D eigenvalue weighted by Gasteiger charge is 2.24. The van der Waals surface area contributed by atoms with E-state index in [2.05, 4.69) is 98.4 Å². The Morgan fingerprint density at radius 2 is 1.19 bits per heavy atom. The molecular formula is C47H42Br2IN5O3. The molecule has 0 fully saturated rings. The van der Waals surface area contributed by atoms with E-state index < -0.39 is 0 Å². The zero-order valence-corrected chi connectivity index (χ0v) is 37.2. The first-order valence-electron chi connectivity index (χ1n) is 19.5. The van der Waals surface area contributed by atoms with E-state index in [0.717, 1.165) is 100 Å². The number of hydrogen-bond donors (Lipinski definition) is 1. The molecule has 294 valence electrons. The standard InChI is InChI=1S/C47H42Br2IN5O3/c48-41-29-32(28-40-39-31-34(50)19-24-43(39)51-47(40)56)30-42(49)46(41)58-27-13-6-4-2-1-3-5-12-26-57-44-25-18-33-14-10-11-17-38(33)45(44)55-54-37-22-20-36(21-23-37)53-52-35-15-8-7-9-16-35/h7-11,14-25,28-31H,1-6,12-13,26-27H2,(H,51,56)/b40-28?,53-52+,55-54+. The van der Waals surface area contributed by atoms with Crippen LogP contribution in [0.2, 0.25) is 0 Å². The Bertz CT molecular complexity index is 2430. The van der Waals surface area contributed by atoms with Crippen LogP contribution in [-0.4, -0.2) is 19.1 Å². The van der Waals surface area contributed by atoms with Crippen LogP contribution in [0.1, 0.15) is 62.5 Å². The fraction of sp³-hybridized carbons (Fsp3) is 0.213. The topological polar surface area (TPSA) is 97.0 Å². The molecule has 58 heavy (non-hydrogen) atoms. The number of benzene rings is 6. The van der Waals surface area contributed by atoms with Gasteiger partial charge in [0.05, 0.1) is 39.2 Å². The van der Waals surface area contributed by atoms with E-state index in [4.69, 9.17) is 9.47 Å². The molecular weight excluding hydrogens is 969 g/mol. The number of anilines is 1. The SMILES string of the molecule is O=C1Nc2ccc(I)cc2C1=Cc1cc(Br)c(OCCCCCCCCCCOc2ccc3ccccc3c2/N=N/c2ccc(/N=N/c3ccccc3)cc2)c(Br)c1. The number of halogens is 3. The lowest BCUT2D eigenvalue weighted by Crippen LogP contribution is -2.03. The fourth-order valence-corrected chi connectivity index (χ4v) is 8.59. The zero-order valence-electron chi connectivity index (χ0n) is 31.8. The van der Waals surface area contributed by atoms with Gasteiger partial charge in [-0.15, -0.1) is 5.11 Å². The van der Waals surface area contributed by atoms with Crippen LogP contribution in [0.15, 0.2) is 151 Å². The van der Waals surface area contributed by atoms with E-state index in [0.29, 0.717) is 18.8 Å². The van der Waals surface area contributed by atoms with Gasteiger partial charge in [0, 0.05) is 25.8 Å². The van der Waals surface area contributed by atoms with Crippen LogP contribution >= 0.6 is 54.5 Å². The first kappa shape index (κ1) is 41.4. The predicted molar refractivity (Wildman–Crippen MR) is 251 cm³/mol. The van der Waals surface area contributed by atoms with Gasteiger partial charge < -0.3 is 14.8 Å². The number of carbonyl (C=O) groups excluding carboxylic acids is 1. The Balaban J connectivity index is 0.807. The molecule has 7 rings (SSSR count). The van der Waals surface area contributed by atoms with Crippen molar-refractivity contribution in [2.24, 2.45) is 20.5 Å². The molecule has 0 aromatic heterocycles. The average molecular weight is 1010 g/mol. The van der Waals surface area contributed by atoms with Gasteiger partial charge >= 0.3 is 0 Å². The Labute approximate surface area is 369 Å². The van der Waals surface area contributed by atoms with Crippen molar-refractivity contribution >= 4 is 111 Å². The van der Waals surface area contributed by atoms with Gasteiger partial charge in [-0.2, -0.15) is 15.3 Å². The molecule has 6 aromatic carbocycles. The number of ether oxygens (including phenoxy) is 2. The molecule has 1 aliphatic heterocycles. The monoisotopic (exact) mass is 1010 g/mol. The molecule has 8 nitrogen and oxygen atoms in total. The van der Waals surface area contributed by atoms with Crippen LogP contribution in [0.25, 0.3) is 22.4 Å². The highest BCUT2D eigenvalue weighted by atomic mass is 127. The minimum Gasteiger partial charge on any atom is -0.491 e. The third kappa shape index (κ3) is 11.3. The number of unbranched alkanes of at least 4 members (excludes halogenated alkanes) is 7. The molecule has 0 atom stereocenters. The summed E-state index contributed by atoms with van der Waals surface area (Å²) in [4.78, 5) is 12.7. The lowest BCUT2D eigenvalue weighted by Gasteiger charge is -2.12.